The van der Waals surface area contributed by atoms with Crippen LogP contribution in [0.25, 0.3) is 0 Å². The molecule has 0 bridgehead atoms. The van der Waals surface area contributed by atoms with Crippen molar-refractivity contribution >= 4 is 37.2 Å². The first kappa shape index (κ1) is 9.83. The Balaban J connectivity index is 0. The first-order valence-electron chi connectivity index (χ1n) is 0.286. The van der Waals surface area contributed by atoms with Gasteiger partial charge >= 0.3 is 67.5 Å². The van der Waals surface area contributed by atoms with Gasteiger partial charge in [-0.15, -0.1) is 0 Å². The van der Waals surface area contributed by atoms with Gasteiger partial charge in [0.2, 0.25) is 0 Å². The zero-order chi connectivity index (χ0) is 2.71. The minimum atomic E-state index is 0. The molecule has 2 radical (unpaired) electrons. The molecule has 0 saturated heterocycles. The van der Waals surface area contributed by atoms with Crippen LogP contribution >= 0.6 is 37.2 Å². The Morgan fingerprint density at radius 3 is 1.25 bits per heavy atom. The van der Waals surface area contributed by atoms with Gasteiger partial charge in [-0.05, 0) is 0 Å². The Morgan fingerprint density at radius 1 is 1.25 bits per heavy atom. The second-order valence-corrected chi connectivity index (χ2v) is 16.3. The van der Waals surface area contributed by atoms with Crippen LogP contribution in [0.15, 0.2) is 0 Å². The van der Waals surface area contributed by atoms with E-state index in [0.29, 0.717) is 13.3 Å². The van der Waals surface area contributed by atoms with Crippen LogP contribution in [0.3, 0.4) is 0 Å². The van der Waals surface area contributed by atoms with Gasteiger partial charge in [0.25, 0.3) is 0 Å². The van der Waals surface area contributed by atoms with Crippen molar-refractivity contribution in [1.29, 1.82) is 0 Å². The summed E-state index contributed by atoms with van der Waals surface area (Å²) in [7, 11) is 0. The average Bonchev–Trinajstić information content (AvgIpc) is 0.918. The Hall–Kier alpha value is 2.67. The predicted molar refractivity (Wildman–Crippen MR) is 28.0 cm³/mol. The Bertz CT molecular complexity index is 3.25. The Morgan fingerprint density at radius 2 is 1.25 bits per heavy atom. The number of hydrogen-bond donors (Lipinski definition) is 0. The molecule has 0 saturated carbocycles. The standard InChI is InChI=1S/Br.I3/c;1-3-2/q+1;-1. The third-order valence-electron chi connectivity index (χ3n) is 0. The topological polar surface area (TPSA) is 0 Å². The van der Waals surface area contributed by atoms with Crippen LogP contribution in [0.2, 0.25) is 0 Å². The van der Waals surface area contributed by atoms with Crippen molar-refractivity contribution in [1.82, 2.24) is 0 Å². The van der Waals surface area contributed by atoms with E-state index >= 15 is 0 Å². The van der Waals surface area contributed by atoms with E-state index in [2.05, 4.69) is 37.2 Å². The summed E-state index contributed by atoms with van der Waals surface area (Å²) >= 11 is 5.30. The van der Waals surface area contributed by atoms with Gasteiger partial charge < -0.3 is 0 Å². The maximum atomic E-state index is 2.39. The fourth-order valence-electron chi connectivity index (χ4n) is 0. The van der Waals surface area contributed by atoms with Crippen LogP contribution in [-0.2, 0) is 0 Å². The summed E-state index contributed by atoms with van der Waals surface area (Å²) < 4.78 is 0. The molecule has 0 fully saturated rings. The largest absolute Gasteiger partial charge is 1.00 e. The van der Waals surface area contributed by atoms with E-state index in [-0.39, 0.29) is 17.0 Å². The van der Waals surface area contributed by atoms with Crippen LogP contribution < -0.4 is 13.3 Å². The molecule has 4 heteroatoms. The summed E-state index contributed by atoms with van der Waals surface area (Å²) in [5.74, 6) is 0. The molecule has 0 rings (SSSR count). The van der Waals surface area contributed by atoms with Gasteiger partial charge in [-0.3, -0.25) is 0 Å². The summed E-state index contributed by atoms with van der Waals surface area (Å²) in [5, 5.41) is 0. The molecule has 0 N–H and O–H groups in total. The third-order valence-corrected chi connectivity index (χ3v) is 0. The zero-order valence-electron chi connectivity index (χ0n) is 1.51. The van der Waals surface area contributed by atoms with E-state index in [1.807, 2.05) is 0 Å². The molecule has 0 aromatic rings. The van der Waals surface area contributed by atoms with E-state index in [4.69, 9.17) is 0 Å². The molecule has 0 aromatic carbocycles. The molecule has 0 nitrogen and oxygen atoms in total. The monoisotopic (exact) mass is 460 g/mol. The minimum Gasteiger partial charge on any atom is 1.00 e. The van der Waals surface area contributed by atoms with Crippen molar-refractivity contribution in [2.75, 3.05) is 0 Å². The fraction of sp³-hybridized carbons (Fsp3) is 0. The van der Waals surface area contributed by atoms with Crippen molar-refractivity contribution in [2.24, 2.45) is 0 Å². The molecule has 28 valence electrons. The molecule has 0 unspecified atom stereocenters. The van der Waals surface area contributed by atoms with Gasteiger partial charge in [0.1, 0.15) is 0 Å². The summed E-state index contributed by atoms with van der Waals surface area (Å²) in [4.78, 5) is 0. The quantitative estimate of drug-likeness (QED) is 0.398. The SMILES string of the molecule is I[I-]I.[Br+]. The molecule has 4 heavy (non-hydrogen) atoms. The number of hydrogen-bond acceptors (Lipinski definition) is 0. The van der Waals surface area contributed by atoms with Gasteiger partial charge in [-0.1, -0.05) is 0 Å². The van der Waals surface area contributed by atoms with Gasteiger partial charge in [0.15, 0.2) is 0 Å². The molecule has 0 aliphatic carbocycles. The van der Waals surface area contributed by atoms with E-state index in [9.17, 15) is 0 Å². The van der Waals surface area contributed by atoms with Crippen molar-refractivity contribution in [3.63, 3.8) is 0 Å². The Labute approximate surface area is 65.9 Å². The summed E-state index contributed by atoms with van der Waals surface area (Å²) in [5.41, 5.74) is 0. The summed E-state index contributed by atoms with van der Waals surface area (Å²) in [6.45, 7) is 0. The smallest absolute Gasteiger partial charge is 1.00 e. The summed E-state index contributed by atoms with van der Waals surface area (Å²) in [6, 6.07) is 0. The van der Waals surface area contributed by atoms with Gasteiger partial charge in [-0.2, -0.15) is 0 Å². The first-order valence-corrected chi connectivity index (χ1v) is 12.9. The van der Waals surface area contributed by atoms with Crippen molar-refractivity contribution in [2.45, 2.75) is 0 Å². The second kappa shape index (κ2) is 9.18. The Kier molecular flexibility index (Phi) is 22.6. The van der Waals surface area contributed by atoms with E-state index in [1.165, 1.54) is 0 Å². The summed E-state index contributed by atoms with van der Waals surface area (Å²) in [6.07, 6.45) is 0. The van der Waals surface area contributed by atoms with Crippen molar-refractivity contribution < 1.29 is 30.2 Å². The van der Waals surface area contributed by atoms with Crippen LogP contribution in [0, 0.1) is 17.0 Å². The molecule has 0 aliphatic heterocycles. The van der Waals surface area contributed by atoms with E-state index < -0.39 is 0 Å². The third kappa shape index (κ3) is 8.82. The molecule has 0 aromatic heterocycles. The van der Waals surface area contributed by atoms with E-state index in [0.717, 1.165) is 0 Å². The number of halogens is 4. The van der Waals surface area contributed by atoms with Crippen molar-refractivity contribution in [3.05, 3.63) is 0 Å². The molecule has 0 heterocycles. The molecule has 0 atom stereocenters. The maximum absolute atomic E-state index is 2.39. The fourth-order valence-corrected chi connectivity index (χ4v) is 0. The second-order valence-electron chi connectivity index (χ2n) is 0.0540. The van der Waals surface area contributed by atoms with Gasteiger partial charge in [0, 0.05) is 0 Å². The van der Waals surface area contributed by atoms with Crippen LogP contribution in [-0.4, -0.2) is 0 Å². The molecule has 0 aliphatic rings. The van der Waals surface area contributed by atoms with Crippen LogP contribution in [0.1, 0.15) is 0 Å². The minimum absolute atomic E-state index is 0. The number of rotatable bonds is 0. The molecule has 0 amide bonds. The van der Waals surface area contributed by atoms with Crippen molar-refractivity contribution in [3.8, 4) is 0 Å². The van der Waals surface area contributed by atoms with Gasteiger partial charge in [-0.25, -0.2) is 0 Å². The predicted octanol–water partition coefficient (Wildman–Crippen LogP) is -1.22. The maximum Gasteiger partial charge on any atom is 1.00 e. The molecule has 0 spiro atoms. The van der Waals surface area contributed by atoms with Crippen LogP contribution in [0.4, 0.5) is 0 Å². The molecular formula is BrI3. The van der Waals surface area contributed by atoms with E-state index in [1.54, 1.807) is 0 Å². The van der Waals surface area contributed by atoms with Gasteiger partial charge in [0.05, 0.1) is 0 Å². The molecular weight excluding hydrogens is 461 g/mol. The van der Waals surface area contributed by atoms with Crippen LogP contribution in [0.5, 0.6) is 0 Å². The average molecular weight is 461 g/mol. The zero-order valence-corrected chi connectivity index (χ0v) is 9.57. The first-order chi connectivity index (χ1) is 1.41. The normalized spacial score (nSPS) is 5.50.